The Morgan fingerprint density at radius 3 is 2.24 bits per heavy atom. The Kier molecular flexibility index (Phi) is 3.25. The summed E-state index contributed by atoms with van der Waals surface area (Å²) >= 11 is 0. The standard InChI is InChI=1S/C18H21NO2/c1-12-4-6-13(7-5-12)16-11-10-15(18(2,3)21)17(20)19(16)14-8-9-14/h4-7,10-11,14,21H,8-9H2,1-3H3. The summed E-state index contributed by atoms with van der Waals surface area (Å²) in [6, 6.07) is 12.2. The lowest BCUT2D eigenvalue weighted by Gasteiger charge is -2.21. The number of pyridine rings is 1. The van der Waals surface area contributed by atoms with E-state index in [0.717, 1.165) is 24.1 Å². The van der Waals surface area contributed by atoms with Crippen LogP contribution in [0.1, 0.15) is 43.9 Å². The van der Waals surface area contributed by atoms with Crippen molar-refractivity contribution in [3.05, 3.63) is 57.9 Å². The average molecular weight is 283 g/mol. The van der Waals surface area contributed by atoms with Crippen LogP contribution < -0.4 is 5.56 Å². The minimum Gasteiger partial charge on any atom is -0.386 e. The van der Waals surface area contributed by atoms with E-state index in [4.69, 9.17) is 0 Å². The lowest BCUT2D eigenvalue weighted by atomic mass is 9.98. The summed E-state index contributed by atoms with van der Waals surface area (Å²) in [5.41, 5.74) is 2.47. The van der Waals surface area contributed by atoms with Crippen LogP contribution in [0.25, 0.3) is 11.3 Å². The number of aryl methyl sites for hydroxylation is 1. The molecule has 1 saturated carbocycles. The van der Waals surface area contributed by atoms with Gasteiger partial charge in [0.05, 0.1) is 11.3 Å². The van der Waals surface area contributed by atoms with Crippen molar-refractivity contribution < 1.29 is 5.11 Å². The third-order valence-corrected chi connectivity index (χ3v) is 4.04. The van der Waals surface area contributed by atoms with Crippen LogP contribution in [0.2, 0.25) is 0 Å². The Labute approximate surface area is 124 Å². The molecule has 0 amide bonds. The molecule has 0 bridgehead atoms. The molecule has 110 valence electrons. The van der Waals surface area contributed by atoms with Crippen molar-refractivity contribution in [1.29, 1.82) is 0 Å². The third-order valence-electron chi connectivity index (χ3n) is 4.04. The maximum atomic E-state index is 12.8. The van der Waals surface area contributed by atoms with Gasteiger partial charge in [-0.1, -0.05) is 29.8 Å². The maximum absolute atomic E-state index is 12.8. The first-order valence-corrected chi connectivity index (χ1v) is 7.43. The molecule has 0 saturated heterocycles. The molecule has 1 aliphatic carbocycles. The largest absolute Gasteiger partial charge is 0.386 e. The highest BCUT2D eigenvalue weighted by molar-refractivity contribution is 5.61. The van der Waals surface area contributed by atoms with Crippen molar-refractivity contribution in [2.75, 3.05) is 0 Å². The Balaban J connectivity index is 2.20. The fourth-order valence-corrected chi connectivity index (χ4v) is 2.67. The molecule has 0 aliphatic heterocycles. The van der Waals surface area contributed by atoms with Crippen molar-refractivity contribution >= 4 is 0 Å². The van der Waals surface area contributed by atoms with Crippen molar-refractivity contribution in [3.63, 3.8) is 0 Å². The van der Waals surface area contributed by atoms with E-state index in [0.29, 0.717) is 5.56 Å². The predicted molar refractivity (Wildman–Crippen MR) is 84.4 cm³/mol. The Morgan fingerprint density at radius 2 is 1.71 bits per heavy atom. The quantitative estimate of drug-likeness (QED) is 0.938. The molecule has 1 aromatic carbocycles. The first kappa shape index (κ1) is 14.1. The molecule has 2 aromatic rings. The zero-order chi connectivity index (χ0) is 15.2. The Bertz CT molecular complexity index is 716. The van der Waals surface area contributed by atoms with Crippen LogP contribution in [0.4, 0.5) is 0 Å². The summed E-state index contributed by atoms with van der Waals surface area (Å²) in [7, 11) is 0. The molecule has 3 rings (SSSR count). The fourth-order valence-electron chi connectivity index (χ4n) is 2.67. The van der Waals surface area contributed by atoms with E-state index in [9.17, 15) is 9.90 Å². The topological polar surface area (TPSA) is 42.2 Å². The van der Waals surface area contributed by atoms with E-state index in [2.05, 4.69) is 19.1 Å². The maximum Gasteiger partial charge on any atom is 0.257 e. The summed E-state index contributed by atoms with van der Waals surface area (Å²) in [5.74, 6) is 0. The van der Waals surface area contributed by atoms with E-state index in [-0.39, 0.29) is 11.6 Å². The van der Waals surface area contributed by atoms with Crippen molar-refractivity contribution in [2.45, 2.75) is 45.3 Å². The summed E-state index contributed by atoms with van der Waals surface area (Å²) in [6.45, 7) is 5.37. The lowest BCUT2D eigenvalue weighted by Crippen LogP contribution is -2.32. The smallest absolute Gasteiger partial charge is 0.257 e. The van der Waals surface area contributed by atoms with Crippen molar-refractivity contribution in [2.24, 2.45) is 0 Å². The molecule has 1 heterocycles. The van der Waals surface area contributed by atoms with Gasteiger partial charge in [-0.15, -0.1) is 0 Å². The molecule has 0 spiro atoms. The summed E-state index contributed by atoms with van der Waals surface area (Å²) in [6.07, 6.45) is 2.07. The van der Waals surface area contributed by atoms with E-state index in [1.165, 1.54) is 5.56 Å². The van der Waals surface area contributed by atoms with Crippen LogP contribution in [0.5, 0.6) is 0 Å². The van der Waals surface area contributed by atoms with Gasteiger partial charge in [-0.05, 0) is 51.3 Å². The van der Waals surface area contributed by atoms with Crippen LogP contribution in [0, 0.1) is 6.92 Å². The number of rotatable bonds is 3. The van der Waals surface area contributed by atoms with Crippen LogP contribution in [0.15, 0.2) is 41.2 Å². The molecule has 1 aliphatic rings. The lowest BCUT2D eigenvalue weighted by molar-refractivity contribution is 0.0765. The number of benzene rings is 1. The zero-order valence-corrected chi connectivity index (χ0v) is 12.8. The van der Waals surface area contributed by atoms with Crippen LogP contribution in [-0.2, 0) is 5.60 Å². The van der Waals surface area contributed by atoms with Gasteiger partial charge < -0.3 is 9.67 Å². The summed E-state index contributed by atoms with van der Waals surface area (Å²) < 4.78 is 1.86. The number of hydrogen-bond acceptors (Lipinski definition) is 2. The highest BCUT2D eigenvalue weighted by Gasteiger charge is 2.30. The number of aromatic nitrogens is 1. The molecule has 0 radical (unpaired) electrons. The normalized spacial score (nSPS) is 15.2. The molecule has 0 unspecified atom stereocenters. The van der Waals surface area contributed by atoms with Crippen molar-refractivity contribution in [3.8, 4) is 11.3 Å². The molecule has 3 nitrogen and oxygen atoms in total. The average Bonchev–Trinajstić information content (AvgIpc) is 3.22. The van der Waals surface area contributed by atoms with Gasteiger partial charge in [-0.3, -0.25) is 4.79 Å². The molecule has 0 atom stereocenters. The van der Waals surface area contributed by atoms with E-state index < -0.39 is 5.60 Å². The van der Waals surface area contributed by atoms with Gasteiger partial charge in [0.2, 0.25) is 0 Å². The third kappa shape index (κ3) is 2.66. The molecular formula is C18H21NO2. The van der Waals surface area contributed by atoms with Gasteiger partial charge in [0, 0.05) is 11.6 Å². The Morgan fingerprint density at radius 1 is 1.10 bits per heavy atom. The van der Waals surface area contributed by atoms with Gasteiger partial charge in [0.1, 0.15) is 0 Å². The first-order valence-electron chi connectivity index (χ1n) is 7.43. The van der Waals surface area contributed by atoms with Crippen LogP contribution >= 0.6 is 0 Å². The van der Waals surface area contributed by atoms with Gasteiger partial charge >= 0.3 is 0 Å². The molecule has 3 heteroatoms. The first-order chi connectivity index (χ1) is 9.88. The highest BCUT2D eigenvalue weighted by Crippen LogP contribution is 2.37. The monoisotopic (exact) mass is 283 g/mol. The molecule has 1 aromatic heterocycles. The fraction of sp³-hybridized carbons (Fsp3) is 0.389. The van der Waals surface area contributed by atoms with E-state index in [1.54, 1.807) is 19.9 Å². The number of aliphatic hydroxyl groups is 1. The van der Waals surface area contributed by atoms with Crippen LogP contribution in [0.3, 0.4) is 0 Å². The van der Waals surface area contributed by atoms with E-state index >= 15 is 0 Å². The highest BCUT2D eigenvalue weighted by atomic mass is 16.3. The summed E-state index contributed by atoms with van der Waals surface area (Å²) in [5, 5.41) is 10.2. The zero-order valence-electron chi connectivity index (χ0n) is 12.8. The Hall–Kier alpha value is -1.87. The van der Waals surface area contributed by atoms with Gasteiger partial charge in [0.25, 0.3) is 5.56 Å². The summed E-state index contributed by atoms with van der Waals surface area (Å²) in [4.78, 5) is 12.8. The number of hydrogen-bond donors (Lipinski definition) is 1. The van der Waals surface area contributed by atoms with Gasteiger partial charge in [-0.2, -0.15) is 0 Å². The molecule has 1 N–H and O–H groups in total. The number of nitrogens with zero attached hydrogens (tertiary/aromatic N) is 1. The minimum atomic E-state index is -1.11. The second kappa shape index (κ2) is 4.85. The SMILES string of the molecule is Cc1ccc(-c2ccc(C(C)(C)O)c(=O)n2C2CC2)cc1. The second-order valence-electron chi connectivity index (χ2n) is 6.46. The van der Waals surface area contributed by atoms with Crippen LogP contribution in [-0.4, -0.2) is 9.67 Å². The molecule has 21 heavy (non-hydrogen) atoms. The molecule has 1 fully saturated rings. The second-order valence-corrected chi connectivity index (χ2v) is 6.46. The van der Waals surface area contributed by atoms with Crippen molar-refractivity contribution in [1.82, 2.24) is 4.57 Å². The predicted octanol–water partition coefficient (Wildman–Crippen LogP) is 3.39. The van der Waals surface area contributed by atoms with Gasteiger partial charge in [-0.25, -0.2) is 0 Å². The van der Waals surface area contributed by atoms with E-state index in [1.807, 2.05) is 22.8 Å². The minimum absolute atomic E-state index is 0.0666. The molecular weight excluding hydrogens is 262 g/mol. The van der Waals surface area contributed by atoms with Gasteiger partial charge in [0.15, 0.2) is 0 Å².